The molecule has 1 saturated carbocycles. The summed E-state index contributed by atoms with van der Waals surface area (Å²) in [5.74, 6) is -0.637. The second kappa shape index (κ2) is 3.28. The normalized spacial score (nSPS) is 18.6. The number of phenols is 1. The zero-order chi connectivity index (χ0) is 12.1. The summed E-state index contributed by atoms with van der Waals surface area (Å²) in [5.41, 5.74) is -2.74. The number of alkyl halides is 3. The molecule has 1 aliphatic rings. The largest absolute Gasteiger partial charge is 0.506 e. The van der Waals surface area contributed by atoms with Crippen LogP contribution in [-0.4, -0.2) is 10.2 Å². The number of hydrogen-bond donors (Lipinski definition) is 2. The number of aromatic hydroxyl groups is 1. The molecule has 2 N–H and O–H groups in total. The van der Waals surface area contributed by atoms with Crippen LogP contribution < -0.4 is 0 Å². The van der Waals surface area contributed by atoms with Gasteiger partial charge < -0.3 is 10.2 Å². The van der Waals surface area contributed by atoms with Crippen LogP contribution in [0.25, 0.3) is 0 Å². The van der Waals surface area contributed by atoms with Crippen molar-refractivity contribution in [3.63, 3.8) is 0 Å². The van der Waals surface area contributed by atoms with Gasteiger partial charge in [-0.2, -0.15) is 13.2 Å². The highest BCUT2D eigenvalue weighted by Gasteiger charge is 2.48. The van der Waals surface area contributed by atoms with Crippen LogP contribution >= 0.6 is 11.6 Å². The molecular weight excluding hydrogens is 245 g/mol. The molecule has 16 heavy (non-hydrogen) atoms. The van der Waals surface area contributed by atoms with Crippen LogP contribution in [0, 0.1) is 0 Å². The smallest absolute Gasteiger partial charge is 0.416 e. The molecule has 0 radical (unpaired) electrons. The fraction of sp³-hybridized carbons (Fsp3) is 0.400. The molecule has 0 amide bonds. The van der Waals surface area contributed by atoms with E-state index in [1.165, 1.54) is 0 Å². The van der Waals surface area contributed by atoms with Gasteiger partial charge in [0.15, 0.2) is 0 Å². The molecule has 1 aromatic carbocycles. The van der Waals surface area contributed by atoms with Crippen LogP contribution in [-0.2, 0) is 11.8 Å². The number of aliphatic hydroxyl groups is 1. The summed E-state index contributed by atoms with van der Waals surface area (Å²) in [4.78, 5) is 0. The van der Waals surface area contributed by atoms with E-state index in [2.05, 4.69) is 0 Å². The molecule has 1 aliphatic carbocycles. The Hall–Kier alpha value is -0.940. The molecule has 0 saturated heterocycles. The predicted molar refractivity (Wildman–Crippen MR) is 51.2 cm³/mol. The molecule has 0 bridgehead atoms. The number of benzene rings is 1. The Kier molecular flexibility index (Phi) is 2.36. The first-order valence-corrected chi connectivity index (χ1v) is 4.94. The molecule has 0 heterocycles. The van der Waals surface area contributed by atoms with Crippen LogP contribution in [0.5, 0.6) is 5.75 Å². The van der Waals surface area contributed by atoms with E-state index in [9.17, 15) is 18.3 Å². The third-order valence-corrected chi connectivity index (χ3v) is 2.92. The van der Waals surface area contributed by atoms with E-state index in [1.807, 2.05) is 0 Å². The number of hydrogen-bond acceptors (Lipinski definition) is 2. The van der Waals surface area contributed by atoms with Gasteiger partial charge in [-0.1, -0.05) is 11.6 Å². The molecule has 1 aromatic rings. The van der Waals surface area contributed by atoms with E-state index >= 15 is 0 Å². The molecular formula is C10H8ClF3O2. The van der Waals surface area contributed by atoms with E-state index < -0.39 is 23.1 Å². The van der Waals surface area contributed by atoms with Crippen LogP contribution in [0.2, 0.25) is 5.02 Å². The summed E-state index contributed by atoms with van der Waals surface area (Å²) >= 11 is 5.54. The van der Waals surface area contributed by atoms with Crippen molar-refractivity contribution in [1.29, 1.82) is 0 Å². The number of halogens is 4. The van der Waals surface area contributed by atoms with Crippen molar-refractivity contribution in [2.24, 2.45) is 0 Å². The Morgan fingerprint density at radius 1 is 1.25 bits per heavy atom. The van der Waals surface area contributed by atoms with Gasteiger partial charge in [0.2, 0.25) is 0 Å². The van der Waals surface area contributed by atoms with Gasteiger partial charge in [-0.15, -0.1) is 0 Å². The lowest BCUT2D eigenvalue weighted by molar-refractivity contribution is -0.139. The Bertz CT molecular complexity index is 408. The minimum absolute atomic E-state index is 0.191. The van der Waals surface area contributed by atoms with Gasteiger partial charge >= 0.3 is 6.18 Å². The Morgan fingerprint density at radius 2 is 1.81 bits per heavy atom. The lowest BCUT2D eigenvalue weighted by Crippen LogP contribution is -2.15. The van der Waals surface area contributed by atoms with Crippen LogP contribution in [0.3, 0.4) is 0 Å². The SMILES string of the molecule is Oc1cc(C(F)(F)F)c(C2(O)CC2)cc1Cl. The fourth-order valence-electron chi connectivity index (χ4n) is 1.57. The molecule has 2 nitrogen and oxygen atoms in total. The van der Waals surface area contributed by atoms with Gasteiger partial charge in [-0.05, 0) is 30.5 Å². The van der Waals surface area contributed by atoms with Crippen molar-refractivity contribution < 1.29 is 23.4 Å². The molecule has 88 valence electrons. The fourth-order valence-corrected chi connectivity index (χ4v) is 1.73. The Balaban J connectivity index is 2.62. The summed E-state index contributed by atoms with van der Waals surface area (Å²) < 4.78 is 38.0. The van der Waals surface area contributed by atoms with E-state index in [4.69, 9.17) is 16.7 Å². The van der Waals surface area contributed by atoms with Crippen LogP contribution in [0.1, 0.15) is 24.0 Å². The monoisotopic (exact) mass is 252 g/mol. The van der Waals surface area contributed by atoms with E-state index in [0.717, 1.165) is 6.07 Å². The van der Waals surface area contributed by atoms with Crippen molar-refractivity contribution >= 4 is 11.6 Å². The van der Waals surface area contributed by atoms with Crippen molar-refractivity contribution in [3.8, 4) is 5.75 Å². The molecule has 0 unspecified atom stereocenters. The van der Waals surface area contributed by atoms with Crippen molar-refractivity contribution in [2.75, 3.05) is 0 Å². The first-order chi connectivity index (χ1) is 7.24. The maximum absolute atomic E-state index is 12.7. The average molecular weight is 253 g/mol. The summed E-state index contributed by atoms with van der Waals surface area (Å²) in [6.07, 6.45) is -4.07. The minimum Gasteiger partial charge on any atom is -0.506 e. The van der Waals surface area contributed by atoms with Gasteiger partial charge in [0, 0.05) is 0 Å². The Labute approximate surface area is 94.3 Å². The quantitative estimate of drug-likeness (QED) is 0.806. The Morgan fingerprint density at radius 3 is 2.25 bits per heavy atom. The van der Waals surface area contributed by atoms with E-state index in [0.29, 0.717) is 6.07 Å². The van der Waals surface area contributed by atoms with Gasteiger partial charge in [0.1, 0.15) is 5.75 Å². The topological polar surface area (TPSA) is 40.5 Å². The zero-order valence-corrected chi connectivity index (χ0v) is 8.73. The second-order valence-corrected chi connectivity index (χ2v) is 4.29. The summed E-state index contributed by atoms with van der Waals surface area (Å²) in [6.45, 7) is 0. The molecule has 6 heteroatoms. The molecule has 2 rings (SSSR count). The lowest BCUT2D eigenvalue weighted by Gasteiger charge is -2.17. The molecule has 0 atom stereocenters. The maximum atomic E-state index is 12.7. The highest BCUT2D eigenvalue weighted by atomic mass is 35.5. The van der Waals surface area contributed by atoms with Gasteiger partial charge in [-0.25, -0.2) is 0 Å². The van der Waals surface area contributed by atoms with Crippen LogP contribution in [0.4, 0.5) is 13.2 Å². The standard InChI is InChI=1S/C10H8ClF3O2/c11-7-3-5(9(16)1-2-9)6(4-8(7)15)10(12,13)14/h3-4,15-16H,1-2H2. The van der Waals surface area contributed by atoms with Crippen LogP contribution in [0.15, 0.2) is 12.1 Å². The second-order valence-electron chi connectivity index (χ2n) is 3.88. The lowest BCUT2D eigenvalue weighted by atomic mass is 10.00. The van der Waals surface area contributed by atoms with Gasteiger partial charge in [0.05, 0.1) is 16.2 Å². The highest BCUT2D eigenvalue weighted by Crippen LogP contribution is 2.51. The van der Waals surface area contributed by atoms with E-state index in [-0.39, 0.29) is 23.4 Å². The maximum Gasteiger partial charge on any atom is 0.416 e. The number of phenolic OH excluding ortho intramolecular Hbond substituents is 1. The summed E-state index contributed by atoms with van der Waals surface area (Å²) in [7, 11) is 0. The first-order valence-electron chi connectivity index (χ1n) is 4.56. The molecule has 0 aliphatic heterocycles. The zero-order valence-electron chi connectivity index (χ0n) is 7.98. The highest BCUT2D eigenvalue weighted by molar-refractivity contribution is 6.32. The first kappa shape index (κ1) is 11.5. The molecule has 1 fully saturated rings. The molecule has 0 spiro atoms. The van der Waals surface area contributed by atoms with Crippen molar-refractivity contribution in [1.82, 2.24) is 0 Å². The predicted octanol–water partition coefficient (Wildman–Crippen LogP) is 3.05. The summed E-state index contributed by atoms with van der Waals surface area (Å²) in [6, 6.07) is 1.53. The van der Waals surface area contributed by atoms with Gasteiger partial charge in [-0.3, -0.25) is 0 Å². The van der Waals surface area contributed by atoms with E-state index in [1.54, 1.807) is 0 Å². The minimum atomic E-state index is -4.62. The third-order valence-electron chi connectivity index (χ3n) is 2.62. The third kappa shape index (κ3) is 1.85. The van der Waals surface area contributed by atoms with Crippen molar-refractivity contribution in [3.05, 3.63) is 28.3 Å². The van der Waals surface area contributed by atoms with Gasteiger partial charge in [0.25, 0.3) is 0 Å². The molecule has 0 aromatic heterocycles. The van der Waals surface area contributed by atoms with Crippen molar-refractivity contribution in [2.45, 2.75) is 24.6 Å². The number of rotatable bonds is 1. The average Bonchev–Trinajstić information content (AvgIpc) is 2.87. The summed E-state index contributed by atoms with van der Waals surface area (Å²) in [5, 5.41) is 18.7.